The summed E-state index contributed by atoms with van der Waals surface area (Å²) in [5.74, 6) is 0. The molecule has 9 heteroatoms. The average molecular weight is 1230 g/mol. The summed E-state index contributed by atoms with van der Waals surface area (Å²) in [4.78, 5) is 10.5. The maximum Gasteiger partial charge on any atom is 0.256 e. The van der Waals surface area contributed by atoms with Crippen molar-refractivity contribution < 1.29 is 0 Å². The topological polar surface area (TPSA) is 6.48 Å². The van der Waals surface area contributed by atoms with E-state index in [0.29, 0.717) is 0 Å². The Morgan fingerprint density at radius 2 is 0.609 bits per heavy atom. The minimum Gasteiger partial charge on any atom is -0.303 e. The zero-order valence-electron chi connectivity index (χ0n) is 50.1. The summed E-state index contributed by atoms with van der Waals surface area (Å²) in [5, 5.41) is 10.4. The van der Waals surface area contributed by atoms with Crippen molar-refractivity contribution in [1.82, 2.24) is 0 Å². The Bertz CT molecular complexity index is 4710. The number of anilines is 6. The average Bonchev–Trinajstić information content (AvgIpc) is 1.64. The van der Waals surface area contributed by atoms with Gasteiger partial charge in [-0.25, -0.2) is 0 Å². The molecule has 8 heterocycles. The van der Waals surface area contributed by atoms with E-state index in [2.05, 4.69) is 278 Å². The Morgan fingerprint density at radius 1 is 0.287 bits per heavy atom. The largest absolute Gasteiger partial charge is 0.303 e. The van der Waals surface area contributed by atoms with E-state index in [1.165, 1.54) is 168 Å². The van der Waals surface area contributed by atoms with Crippen molar-refractivity contribution in [2.75, 3.05) is 9.80 Å². The standard InChI is InChI=1S/C78H61BN2S6/c1-76(2,3)52-26-28-65-57(40-52)71-74(86-65)80(55-32-48(67-36-44-18-10-14-22-61(44)82-67)30-49(33-55)68-37-45-19-11-15-23-62(45)83-68)59-42-54(78(7,8)9)43-60-73(59)79(71)72-58-41-53(77(4,5)6)27-29-66(58)87-75(72)81(60)56-34-50(69-38-46-20-12-16-24-63(46)84-69)31-51(35-56)70-39-47-21-13-17-25-64(47)85-70/h10-43H,1-9H3. The minimum absolute atomic E-state index is 0.0590. The lowest BCUT2D eigenvalue weighted by Gasteiger charge is -2.43. The van der Waals surface area contributed by atoms with Gasteiger partial charge in [-0.05, 0) is 213 Å². The molecule has 0 saturated heterocycles. The number of nitrogens with zero attached hydrogens (tertiary/aromatic N) is 2. The van der Waals surface area contributed by atoms with E-state index in [0.717, 1.165) is 0 Å². The van der Waals surface area contributed by atoms with Gasteiger partial charge < -0.3 is 9.80 Å². The molecule has 17 rings (SSSR count). The molecule has 0 saturated carbocycles. The highest BCUT2D eigenvalue weighted by molar-refractivity contribution is 7.29. The summed E-state index contributed by atoms with van der Waals surface area (Å²) in [5.41, 5.74) is 17.6. The summed E-state index contributed by atoms with van der Waals surface area (Å²) >= 11 is 11.5. The van der Waals surface area contributed by atoms with Crippen molar-refractivity contribution >= 4 is 184 Å². The predicted molar refractivity (Wildman–Crippen MR) is 391 cm³/mol. The van der Waals surface area contributed by atoms with E-state index in [-0.39, 0.29) is 23.0 Å². The molecule has 2 nitrogen and oxygen atoms in total. The molecule has 0 atom stereocenters. The maximum absolute atomic E-state index is 2.73. The summed E-state index contributed by atoms with van der Waals surface area (Å²) in [6, 6.07) is 80.1. The van der Waals surface area contributed by atoms with Crippen LogP contribution in [0, 0.1) is 0 Å². The number of hydrogen-bond acceptors (Lipinski definition) is 8. The fourth-order valence-electron chi connectivity index (χ4n) is 13.5. The van der Waals surface area contributed by atoms with Crippen LogP contribution < -0.4 is 26.2 Å². The molecule has 0 unspecified atom stereocenters. The summed E-state index contributed by atoms with van der Waals surface area (Å²) < 4.78 is 7.84. The van der Waals surface area contributed by atoms with E-state index in [4.69, 9.17) is 0 Å². The van der Waals surface area contributed by atoms with Crippen LogP contribution in [0.5, 0.6) is 0 Å². The van der Waals surface area contributed by atoms with Crippen LogP contribution in [-0.4, -0.2) is 6.71 Å². The number of fused-ring (bicyclic) bond motifs is 12. The van der Waals surface area contributed by atoms with Gasteiger partial charge in [0.25, 0.3) is 6.71 Å². The lowest BCUT2D eigenvalue weighted by Crippen LogP contribution is -2.60. The third-order valence-electron chi connectivity index (χ3n) is 18.1. The molecule has 0 radical (unpaired) electrons. The van der Waals surface area contributed by atoms with Crippen LogP contribution >= 0.6 is 68.0 Å². The van der Waals surface area contributed by atoms with Crippen LogP contribution in [-0.2, 0) is 16.2 Å². The number of rotatable bonds is 6. The monoisotopic (exact) mass is 1230 g/mol. The van der Waals surface area contributed by atoms with Crippen molar-refractivity contribution in [2.24, 2.45) is 0 Å². The smallest absolute Gasteiger partial charge is 0.256 e. The van der Waals surface area contributed by atoms with Crippen LogP contribution in [0.4, 0.5) is 32.8 Å². The maximum atomic E-state index is 2.73. The molecular formula is C78H61BN2S6. The lowest BCUT2D eigenvalue weighted by molar-refractivity contribution is 0.590. The number of hydrogen-bond donors (Lipinski definition) is 0. The summed E-state index contributed by atoms with van der Waals surface area (Å²) in [6.07, 6.45) is 0. The van der Waals surface area contributed by atoms with Gasteiger partial charge in [-0.15, -0.1) is 68.0 Å². The lowest BCUT2D eigenvalue weighted by atomic mass is 9.33. The molecule has 0 bridgehead atoms. The molecule has 6 aromatic heterocycles. The normalized spacial score (nSPS) is 13.5. The molecule has 0 amide bonds. The molecule has 87 heavy (non-hydrogen) atoms. The van der Waals surface area contributed by atoms with Gasteiger partial charge in [0.2, 0.25) is 0 Å². The molecule has 0 spiro atoms. The van der Waals surface area contributed by atoms with Crippen LogP contribution in [0.25, 0.3) is 102 Å². The Labute approximate surface area is 533 Å². The van der Waals surface area contributed by atoms with Gasteiger partial charge in [-0.3, -0.25) is 0 Å². The first-order chi connectivity index (χ1) is 41.9. The molecule has 0 N–H and O–H groups in total. The summed E-state index contributed by atoms with van der Waals surface area (Å²) in [6.45, 7) is 21.3. The van der Waals surface area contributed by atoms with E-state index in [9.17, 15) is 0 Å². The predicted octanol–water partition coefficient (Wildman–Crippen LogP) is 23.6. The van der Waals surface area contributed by atoms with Crippen LogP contribution in [0.15, 0.2) is 206 Å². The molecule has 422 valence electrons. The van der Waals surface area contributed by atoms with Crippen molar-refractivity contribution in [3.8, 4) is 41.8 Å². The zero-order valence-corrected chi connectivity index (χ0v) is 55.0. The van der Waals surface area contributed by atoms with Crippen LogP contribution in [0.2, 0.25) is 0 Å². The van der Waals surface area contributed by atoms with Crippen molar-refractivity contribution in [1.29, 1.82) is 0 Å². The highest BCUT2D eigenvalue weighted by Gasteiger charge is 2.48. The van der Waals surface area contributed by atoms with Crippen LogP contribution in [0.3, 0.4) is 0 Å². The highest BCUT2D eigenvalue weighted by Crippen LogP contribution is 2.55. The minimum atomic E-state index is -0.204. The first-order valence-electron chi connectivity index (χ1n) is 30.1. The van der Waals surface area contributed by atoms with Crippen molar-refractivity contribution in [2.45, 2.75) is 78.6 Å². The highest BCUT2D eigenvalue weighted by atomic mass is 32.1. The second kappa shape index (κ2) is 19.5. The summed E-state index contributed by atoms with van der Waals surface area (Å²) in [7, 11) is 0. The first kappa shape index (κ1) is 53.6. The molecule has 2 aliphatic rings. The van der Waals surface area contributed by atoms with Gasteiger partial charge in [0.05, 0.1) is 10.0 Å². The first-order valence-corrected chi connectivity index (χ1v) is 35.0. The number of benzene rings is 9. The van der Waals surface area contributed by atoms with E-state index < -0.39 is 0 Å². The van der Waals surface area contributed by atoms with Gasteiger partial charge in [-0.2, -0.15) is 0 Å². The molecule has 2 aliphatic heterocycles. The van der Waals surface area contributed by atoms with Crippen molar-refractivity contribution in [3.05, 3.63) is 223 Å². The van der Waals surface area contributed by atoms with E-state index in [1.54, 1.807) is 0 Å². The molecule has 0 aliphatic carbocycles. The second-order valence-electron chi connectivity index (χ2n) is 27.0. The van der Waals surface area contributed by atoms with E-state index in [1.807, 2.05) is 68.0 Å². The van der Waals surface area contributed by atoms with Gasteiger partial charge in [0.15, 0.2) is 0 Å². The molecule has 15 aromatic rings. The zero-order chi connectivity index (χ0) is 59.0. The number of thiophene rings is 6. The van der Waals surface area contributed by atoms with Gasteiger partial charge in [0, 0.05) is 70.5 Å². The third-order valence-corrected chi connectivity index (χ3v) is 25.1. The van der Waals surface area contributed by atoms with E-state index >= 15 is 0 Å². The Kier molecular flexibility index (Phi) is 12.0. The quantitative estimate of drug-likeness (QED) is 0.153. The fourth-order valence-corrected chi connectivity index (χ4v) is 20.2. The molecular weight excluding hydrogens is 1170 g/mol. The molecule has 0 fully saturated rings. The third kappa shape index (κ3) is 8.77. The van der Waals surface area contributed by atoms with Crippen LogP contribution in [0.1, 0.15) is 79.0 Å². The SMILES string of the molecule is CC(C)(C)c1cc2c3c(c1)N(c1cc(-c4cc5ccccc5s4)cc(-c4cc5ccccc5s4)c1)c1sc4ccc(C(C)(C)C)cc4c1B3c1c(sc3ccc(C(C)(C)C)cc13)N2c1cc(-c2cc3ccccc3s2)cc(-c2cc3ccccc3s2)c1. The fraction of sp³-hybridized carbons (Fsp3) is 0.154. The van der Waals surface area contributed by atoms with Crippen molar-refractivity contribution in [3.63, 3.8) is 0 Å². The Balaban J connectivity index is 1.01. The van der Waals surface area contributed by atoms with Gasteiger partial charge in [-0.1, -0.05) is 159 Å². The Morgan fingerprint density at radius 3 is 0.920 bits per heavy atom. The second-order valence-corrected chi connectivity index (χ2v) is 33.4. The Hall–Kier alpha value is -7.60. The molecule has 9 aromatic carbocycles. The van der Waals surface area contributed by atoms with Gasteiger partial charge >= 0.3 is 0 Å². The van der Waals surface area contributed by atoms with Gasteiger partial charge in [0.1, 0.15) is 0 Å².